The van der Waals surface area contributed by atoms with E-state index >= 15 is 0 Å². The van der Waals surface area contributed by atoms with Crippen molar-refractivity contribution >= 4 is 0 Å². The molecule has 3 heteroatoms. The number of hydrogen-bond donors (Lipinski definition) is 2. The van der Waals surface area contributed by atoms with Gasteiger partial charge in [0.25, 0.3) is 0 Å². The van der Waals surface area contributed by atoms with Crippen LogP contribution in [0.25, 0.3) is 0 Å². The largest absolute Gasteiger partial charge is 0.463 e. The summed E-state index contributed by atoms with van der Waals surface area (Å²) in [5, 5.41) is 3.47. The Labute approximate surface area is 111 Å². The Morgan fingerprint density at radius 3 is 2.56 bits per heavy atom. The van der Waals surface area contributed by atoms with Crippen molar-refractivity contribution in [3.63, 3.8) is 0 Å². The summed E-state index contributed by atoms with van der Waals surface area (Å²) in [6, 6.07) is 3.95. The summed E-state index contributed by atoms with van der Waals surface area (Å²) in [4.78, 5) is 0. The van der Waals surface area contributed by atoms with E-state index in [1.165, 1.54) is 25.7 Å². The van der Waals surface area contributed by atoms with Crippen LogP contribution in [-0.2, 0) is 13.1 Å². The van der Waals surface area contributed by atoms with Crippen molar-refractivity contribution in [1.29, 1.82) is 0 Å². The SMILES string of the molecule is CCCCCC(C)(C)CNCc1ccc(CN)o1. The van der Waals surface area contributed by atoms with Crippen LogP contribution in [-0.4, -0.2) is 6.54 Å². The molecule has 0 saturated heterocycles. The molecule has 0 aliphatic rings. The third kappa shape index (κ3) is 5.69. The van der Waals surface area contributed by atoms with E-state index in [1.807, 2.05) is 12.1 Å². The zero-order chi connectivity index (χ0) is 13.4. The smallest absolute Gasteiger partial charge is 0.118 e. The second kappa shape index (κ2) is 7.59. The summed E-state index contributed by atoms with van der Waals surface area (Å²) in [7, 11) is 0. The summed E-state index contributed by atoms with van der Waals surface area (Å²) in [6.45, 7) is 9.18. The first-order valence-electron chi connectivity index (χ1n) is 7.06. The quantitative estimate of drug-likeness (QED) is 0.662. The number of hydrogen-bond acceptors (Lipinski definition) is 3. The van der Waals surface area contributed by atoms with Crippen LogP contribution in [0.2, 0.25) is 0 Å². The number of furan rings is 1. The first-order chi connectivity index (χ1) is 8.57. The van der Waals surface area contributed by atoms with Gasteiger partial charge in [-0.1, -0.05) is 40.0 Å². The molecule has 1 aromatic rings. The lowest BCUT2D eigenvalue weighted by molar-refractivity contribution is 0.296. The van der Waals surface area contributed by atoms with Gasteiger partial charge >= 0.3 is 0 Å². The summed E-state index contributed by atoms with van der Waals surface area (Å²) in [5.74, 6) is 1.83. The molecule has 104 valence electrons. The van der Waals surface area contributed by atoms with Crippen LogP contribution in [0.5, 0.6) is 0 Å². The minimum Gasteiger partial charge on any atom is -0.463 e. The van der Waals surface area contributed by atoms with Crippen molar-refractivity contribution in [2.75, 3.05) is 6.54 Å². The van der Waals surface area contributed by atoms with Crippen molar-refractivity contribution in [3.8, 4) is 0 Å². The van der Waals surface area contributed by atoms with Crippen molar-refractivity contribution < 1.29 is 4.42 Å². The van der Waals surface area contributed by atoms with E-state index in [9.17, 15) is 0 Å². The van der Waals surface area contributed by atoms with Crippen molar-refractivity contribution in [2.24, 2.45) is 11.1 Å². The molecule has 18 heavy (non-hydrogen) atoms. The number of nitrogens with one attached hydrogen (secondary N) is 1. The minimum atomic E-state index is 0.360. The summed E-state index contributed by atoms with van der Waals surface area (Å²) in [6.07, 6.45) is 5.22. The molecule has 0 aliphatic heterocycles. The fourth-order valence-electron chi connectivity index (χ4n) is 2.09. The lowest BCUT2D eigenvalue weighted by Gasteiger charge is -2.24. The Morgan fingerprint density at radius 1 is 1.22 bits per heavy atom. The van der Waals surface area contributed by atoms with Crippen molar-refractivity contribution in [2.45, 2.75) is 59.5 Å². The fourth-order valence-corrected chi connectivity index (χ4v) is 2.09. The van der Waals surface area contributed by atoms with Crippen LogP contribution in [0.4, 0.5) is 0 Å². The van der Waals surface area contributed by atoms with Crippen LogP contribution in [0.1, 0.15) is 58.0 Å². The molecule has 0 aliphatic carbocycles. The van der Waals surface area contributed by atoms with Crippen molar-refractivity contribution in [1.82, 2.24) is 5.32 Å². The Balaban J connectivity index is 2.23. The maximum Gasteiger partial charge on any atom is 0.118 e. The highest BCUT2D eigenvalue weighted by molar-refractivity contribution is 5.06. The Kier molecular flexibility index (Phi) is 6.44. The van der Waals surface area contributed by atoms with Crippen LogP contribution >= 0.6 is 0 Å². The fraction of sp³-hybridized carbons (Fsp3) is 0.733. The molecule has 0 saturated carbocycles. The van der Waals surface area contributed by atoms with Gasteiger partial charge in [-0.2, -0.15) is 0 Å². The van der Waals surface area contributed by atoms with Gasteiger partial charge in [0.2, 0.25) is 0 Å². The van der Waals surface area contributed by atoms with Crippen LogP contribution in [0.3, 0.4) is 0 Å². The normalized spacial score (nSPS) is 12.0. The summed E-state index contributed by atoms with van der Waals surface area (Å²) < 4.78 is 5.56. The first-order valence-corrected chi connectivity index (χ1v) is 7.06. The molecule has 1 aromatic heterocycles. The highest BCUT2D eigenvalue weighted by Crippen LogP contribution is 2.22. The lowest BCUT2D eigenvalue weighted by Crippen LogP contribution is -2.28. The second-order valence-corrected chi connectivity index (χ2v) is 5.80. The molecule has 0 atom stereocenters. The Morgan fingerprint density at radius 2 is 1.94 bits per heavy atom. The average Bonchev–Trinajstić information content (AvgIpc) is 2.77. The van der Waals surface area contributed by atoms with Crippen LogP contribution < -0.4 is 11.1 Å². The average molecular weight is 252 g/mol. The predicted molar refractivity (Wildman–Crippen MR) is 76.2 cm³/mol. The lowest BCUT2D eigenvalue weighted by atomic mass is 9.87. The third-order valence-electron chi connectivity index (χ3n) is 3.28. The molecule has 0 radical (unpaired) electrons. The molecular weight excluding hydrogens is 224 g/mol. The minimum absolute atomic E-state index is 0.360. The van der Waals surface area contributed by atoms with Crippen LogP contribution in [0, 0.1) is 5.41 Å². The Bertz CT molecular complexity index is 331. The zero-order valence-corrected chi connectivity index (χ0v) is 12.1. The summed E-state index contributed by atoms with van der Waals surface area (Å²) >= 11 is 0. The molecule has 0 amide bonds. The van der Waals surface area contributed by atoms with E-state index in [0.717, 1.165) is 24.6 Å². The van der Waals surface area contributed by atoms with E-state index in [1.54, 1.807) is 0 Å². The monoisotopic (exact) mass is 252 g/mol. The van der Waals surface area contributed by atoms with E-state index < -0.39 is 0 Å². The standard InChI is InChI=1S/C15H28N2O/c1-4-5-6-9-15(2,3)12-17-11-14-8-7-13(10-16)18-14/h7-8,17H,4-6,9-12,16H2,1-3H3. The number of nitrogens with two attached hydrogens (primary N) is 1. The molecule has 3 nitrogen and oxygen atoms in total. The Hall–Kier alpha value is -0.800. The van der Waals surface area contributed by atoms with Gasteiger partial charge in [-0.15, -0.1) is 0 Å². The van der Waals surface area contributed by atoms with Gasteiger partial charge in [0, 0.05) is 6.54 Å². The maximum absolute atomic E-state index is 5.56. The van der Waals surface area contributed by atoms with Gasteiger partial charge in [0.1, 0.15) is 11.5 Å². The van der Waals surface area contributed by atoms with Crippen LogP contribution in [0.15, 0.2) is 16.5 Å². The van der Waals surface area contributed by atoms with Gasteiger partial charge in [-0.05, 0) is 24.0 Å². The molecule has 1 rings (SSSR count). The molecule has 0 bridgehead atoms. The van der Waals surface area contributed by atoms with Crippen molar-refractivity contribution in [3.05, 3.63) is 23.7 Å². The number of rotatable bonds is 9. The maximum atomic E-state index is 5.56. The highest BCUT2D eigenvalue weighted by atomic mass is 16.3. The highest BCUT2D eigenvalue weighted by Gasteiger charge is 2.16. The summed E-state index contributed by atoms with van der Waals surface area (Å²) in [5.41, 5.74) is 5.87. The van der Waals surface area contributed by atoms with Gasteiger partial charge in [0.15, 0.2) is 0 Å². The molecule has 1 heterocycles. The van der Waals surface area contributed by atoms with Gasteiger partial charge in [-0.25, -0.2) is 0 Å². The molecular formula is C15H28N2O. The molecule has 0 unspecified atom stereocenters. The predicted octanol–water partition coefficient (Wildman–Crippen LogP) is 3.43. The van der Waals surface area contributed by atoms with Gasteiger partial charge in [0.05, 0.1) is 13.1 Å². The molecule has 0 spiro atoms. The number of unbranched alkanes of at least 4 members (excludes halogenated alkanes) is 2. The topological polar surface area (TPSA) is 51.2 Å². The second-order valence-electron chi connectivity index (χ2n) is 5.80. The van der Waals surface area contributed by atoms with E-state index in [0.29, 0.717) is 12.0 Å². The molecule has 0 fully saturated rings. The van der Waals surface area contributed by atoms with E-state index in [-0.39, 0.29) is 0 Å². The van der Waals surface area contributed by atoms with E-state index in [4.69, 9.17) is 10.2 Å². The molecule has 3 N–H and O–H groups in total. The first kappa shape index (κ1) is 15.3. The molecule has 0 aromatic carbocycles. The van der Waals surface area contributed by atoms with E-state index in [2.05, 4.69) is 26.1 Å². The third-order valence-corrected chi connectivity index (χ3v) is 3.28. The zero-order valence-electron chi connectivity index (χ0n) is 12.1. The van der Waals surface area contributed by atoms with Gasteiger partial charge < -0.3 is 15.5 Å². The van der Waals surface area contributed by atoms with Gasteiger partial charge in [-0.3, -0.25) is 0 Å².